The number of carbonyl (C=O) groups is 4. The van der Waals surface area contributed by atoms with Gasteiger partial charge in [-0.15, -0.1) is 0 Å². The number of para-hydroxylation sites is 1. The number of hydrogen-bond acceptors (Lipinski definition) is 7. The molecule has 5 bridgehead atoms. The SMILES string of the molecule is Cc1cccc(Cl)c1N1C/C=C\CCC(=O)OC[C@@H](c2ccccc2)NC(=O)[C@@H]2[C@H]3O[C@@]4(C=C3Br)[C@H](C1=O)N([C@@H](CO)CC(C)C)C(=O)[C@@H]24. The Kier molecular flexibility index (Phi) is 10.4. The zero-order valence-corrected chi connectivity index (χ0v) is 30.0. The van der Waals surface area contributed by atoms with Crippen molar-refractivity contribution in [3.8, 4) is 0 Å². The minimum absolute atomic E-state index is 0.0833. The minimum Gasteiger partial charge on any atom is -0.463 e. The topological polar surface area (TPSA) is 125 Å². The van der Waals surface area contributed by atoms with E-state index in [-0.39, 0.29) is 32.1 Å². The van der Waals surface area contributed by atoms with E-state index in [0.29, 0.717) is 28.0 Å². The number of aliphatic hydroxyl groups excluding tert-OH is 1. The van der Waals surface area contributed by atoms with E-state index in [1.165, 1.54) is 9.80 Å². The van der Waals surface area contributed by atoms with Gasteiger partial charge >= 0.3 is 5.97 Å². The van der Waals surface area contributed by atoms with Gasteiger partial charge in [-0.3, -0.25) is 19.2 Å². The molecule has 4 aliphatic heterocycles. The lowest BCUT2D eigenvalue weighted by molar-refractivity contribution is -0.146. The molecule has 3 amide bonds. The number of fused-ring (bicyclic) bond motifs is 2. The fourth-order valence-electron chi connectivity index (χ4n) is 7.77. The van der Waals surface area contributed by atoms with E-state index >= 15 is 4.79 Å². The van der Waals surface area contributed by atoms with Crippen LogP contribution in [0.5, 0.6) is 0 Å². The van der Waals surface area contributed by atoms with E-state index < -0.39 is 65.4 Å². The van der Waals surface area contributed by atoms with Crippen molar-refractivity contribution in [2.75, 3.05) is 24.7 Å². The van der Waals surface area contributed by atoms with Gasteiger partial charge < -0.3 is 29.7 Å². The van der Waals surface area contributed by atoms with Gasteiger partial charge in [-0.1, -0.05) is 96.0 Å². The molecule has 2 fully saturated rings. The average Bonchev–Trinajstić information content (AvgIpc) is 3.67. The maximum Gasteiger partial charge on any atom is 0.306 e. The molecule has 1 spiro atoms. The summed E-state index contributed by atoms with van der Waals surface area (Å²) < 4.78 is 12.9. The zero-order valence-electron chi connectivity index (χ0n) is 27.7. The number of rotatable bonds is 6. The van der Waals surface area contributed by atoms with Crippen LogP contribution in [-0.2, 0) is 28.7 Å². The van der Waals surface area contributed by atoms with Crippen LogP contribution in [0, 0.1) is 24.7 Å². The summed E-state index contributed by atoms with van der Waals surface area (Å²) in [6, 6.07) is 11.9. The third-order valence-electron chi connectivity index (χ3n) is 9.87. The molecular formula is C37H41BrClN3O7. The Balaban J connectivity index is 1.51. The van der Waals surface area contributed by atoms with Crippen molar-refractivity contribution >= 4 is 56.9 Å². The van der Waals surface area contributed by atoms with E-state index in [4.69, 9.17) is 21.1 Å². The monoisotopic (exact) mass is 753 g/mol. The van der Waals surface area contributed by atoms with Gasteiger partial charge in [-0.25, -0.2) is 0 Å². The predicted octanol–water partition coefficient (Wildman–Crippen LogP) is 5.01. The Hall–Kier alpha value is -3.51. The molecule has 2 saturated heterocycles. The molecule has 6 rings (SSSR count). The fourth-order valence-corrected chi connectivity index (χ4v) is 8.83. The van der Waals surface area contributed by atoms with Crippen LogP contribution in [0.2, 0.25) is 5.02 Å². The third-order valence-corrected chi connectivity index (χ3v) is 10.9. The Morgan fingerprint density at radius 1 is 1.06 bits per heavy atom. The highest BCUT2D eigenvalue weighted by Gasteiger charge is 2.75. The van der Waals surface area contributed by atoms with E-state index in [1.54, 1.807) is 30.4 Å². The molecule has 12 heteroatoms. The van der Waals surface area contributed by atoms with Crippen molar-refractivity contribution in [2.24, 2.45) is 17.8 Å². The highest BCUT2D eigenvalue weighted by atomic mass is 79.9. The van der Waals surface area contributed by atoms with Crippen molar-refractivity contribution in [1.29, 1.82) is 0 Å². The number of esters is 1. The summed E-state index contributed by atoms with van der Waals surface area (Å²) in [4.78, 5) is 60.2. The molecule has 10 nitrogen and oxygen atoms in total. The second-order valence-electron chi connectivity index (χ2n) is 13.6. The number of ether oxygens (including phenoxy) is 2. The normalized spacial score (nSPS) is 30.3. The Labute approximate surface area is 299 Å². The number of nitrogens with one attached hydrogen (secondary N) is 1. The number of amides is 3. The van der Waals surface area contributed by atoms with Gasteiger partial charge in [0.25, 0.3) is 5.91 Å². The van der Waals surface area contributed by atoms with Crippen molar-refractivity contribution in [3.63, 3.8) is 0 Å². The van der Waals surface area contributed by atoms with Crippen LogP contribution in [0.15, 0.2) is 71.2 Å². The number of hydrogen-bond donors (Lipinski definition) is 2. The van der Waals surface area contributed by atoms with Crippen LogP contribution < -0.4 is 10.2 Å². The Morgan fingerprint density at radius 2 is 1.82 bits per heavy atom. The summed E-state index contributed by atoms with van der Waals surface area (Å²) in [5.41, 5.74) is 0.435. The predicted molar refractivity (Wildman–Crippen MR) is 188 cm³/mol. The van der Waals surface area contributed by atoms with Crippen LogP contribution in [0.4, 0.5) is 5.69 Å². The van der Waals surface area contributed by atoms with Gasteiger partial charge in [0.1, 0.15) is 24.4 Å². The van der Waals surface area contributed by atoms with Crippen molar-refractivity contribution in [1.82, 2.24) is 10.2 Å². The molecular weight excluding hydrogens is 714 g/mol. The maximum absolute atomic E-state index is 15.2. The first kappa shape index (κ1) is 35.3. The minimum atomic E-state index is -1.51. The standard InChI is InChI=1S/C37H41BrClN3O7/c1-21(2)17-24(19-43)42-33-36(47)41(31-22(3)11-10-14-26(31)39)16-9-5-8-15-28(44)48-20-27(23-12-6-4-7-13-23)40-34(45)29-30(35(42)46)37(33)18-25(38)32(29)49-37/h4-7,9-14,18,21,24,27,29-30,32-33,43H,8,15-17,19-20H2,1-3H3,(H,40,45)/b9-5-/t24-,27+,29+,30-,32+,33+,37-/m1/s1. The Morgan fingerprint density at radius 3 is 2.51 bits per heavy atom. The highest BCUT2D eigenvalue weighted by molar-refractivity contribution is 9.11. The number of allylic oxidation sites excluding steroid dienone is 1. The van der Waals surface area contributed by atoms with Crippen LogP contribution >= 0.6 is 27.5 Å². The molecule has 0 saturated carbocycles. The summed E-state index contributed by atoms with van der Waals surface area (Å²) in [6.45, 7) is 5.42. The number of carbonyl (C=O) groups excluding carboxylic acids is 4. The number of halogens is 2. The lowest BCUT2D eigenvalue weighted by atomic mass is 9.74. The largest absolute Gasteiger partial charge is 0.463 e. The molecule has 49 heavy (non-hydrogen) atoms. The molecule has 2 aromatic rings. The molecule has 0 aromatic heterocycles. The third kappa shape index (κ3) is 6.46. The van der Waals surface area contributed by atoms with E-state index in [9.17, 15) is 19.5 Å². The molecule has 2 aromatic carbocycles. The molecule has 0 aliphatic carbocycles. The number of aliphatic hydroxyl groups is 1. The highest BCUT2D eigenvalue weighted by Crippen LogP contribution is 2.59. The van der Waals surface area contributed by atoms with Gasteiger partial charge in [0, 0.05) is 17.4 Å². The Bertz CT molecular complexity index is 1660. The van der Waals surface area contributed by atoms with Crippen LogP contribution in [0.25, 0.3) is 0 Å². The van der Waals surface area contributed by atoms with Crippen molar-refractivity contribution in [2.45, 2.75) is 69.9 Å². The van der Waals surface area contributed by atoms with Crippen LogP contribution in [0.1, 0.15) is 50.3 Å². The number of cyclic esters (lactones) is 1. The summed E-state index contributed by atoms with van der Waals surface area (Å²) in [5.74, 6) is -3.79. The number of anilines is 1. The fraction of sp³-hybridized carbons (Fsp3) is 0.459. The number of benzene rings is 2. The molecule has 4 aliphatic rings. The second-order valence-corrected chi connectivity index (χ2v) is 14.9. The molecule has 260 valence electrons. The van der Waals surface area contributed by atoms with Gasteiger partial charge in [-0.05, 0) is 49.0 Å². The van der Waals surface area contributed by atoms with Crippen LogP contribution in [0.3, 0.4) is 0 Å². The van der Waals surface area contributed by atoms with E-state index in [0.717, 1.165) is 11.1 Å². The van der Waals surface area contributed by atoms with Gasteiger partial charge in [0.2, 0.25) is 11.8 Å². The summed E-state index contributed by atoms with van der Waals surface area (Å²) >= 11 is 10.4. The van der Waals surface area contributed by atoms with Crippen molar-refractivity contribution in [3.05, 3.63) is 87.4 Å². The molecule has 0 unspecified atom stereocenters. The van der Waals surface area contributed by atoms with Gasteiger partial charge in [-0.2, -0.15) is 0 Å². The van der Waals surface area contributed by atoms with Crippen LogP contribution in [-0.4, -0.2) is 77.2 Å². The first-order valence-electron chi connectivity index (χ1n) is 16.7. The summed E-state index contributed by atoms with van der Waals surface area (Å²) in [6.07, 6.45) is 5.40. The maximum atomic E-state index is 15.2. The van der Waals surface area contributed by atoms with Gasteiger partial charge in [0.05, 0.1) is 41.2 Å². The first-order valence-corrected chi connectivity index (χ1v) is 17.9. The molecule has 2 N–H and O–H groups in total. The number of nitrogens with zero attached hydrogens (tertiary/aromatic N) is 2. The quantitative estimate of drug-likeness (QED) is 0.314. The molecule has 4 heterocycles. The number of likely N-dealkylation sites (tertiary alicyclic amines) is 1. The van der Waals surface area contributed by atoms with E-state index in [1.807, 2.05) is 57.2 Å². The van der Waals surface area contributed by atoms with E-state index in [2.05, 4.69) is 21.2 Å². The second kappa shape index (κ2) is 14.4. The molecule has 7 atom stereocenters. The zero-order chi connectivity index (χ0) is 35.0. The average molecular weight is 755 g/mol. The van der Waals surface area contributed by atoms with Gasteiger partial charge in [0.15, 0.2) is 0 Å². The lowest BCUT2D eigenvalue weighted by Crippen LogP contribution is -2.59. The summed E-state index contributed by atoms with van der Waals surface area (Å²) in [7, 11) is 0. The lowest BCUT2D eigenvalue weighted by Gasteiger charge is -2.39. The summed E-state index contributed by atoms with van der Waals surface area (Å²) in [5, 5.41) is 14.1. The van der Waals surface area contributed by atoms with Crippen molar-refractivity contribution < 1.29 is 33.8 Å². The first-order chi connectivity index (χ1) is 23.5. The molecule has 0 radical (unpaired) electrons. The number of aryl methyl sites for hydroxylation is 1. The smallest absolute Gasteiger partial charge is 0.306 e.